The minimum absolute atomic E-state index is 0.0233. The second-order valence-corrected chi connectivity index (χ2v) is 7.32. The van der Waals surface area contributed by atoms with Gasteiger partial charge in [0, 0.05) is 11.6 Å². The number of hydrogen-bond donors (Lipinski definition) is 3. The molecule has 1 aliphatic carbocycles. The van der Waals surface area contributed by atoms with Crippen molar-refractivity contribution < 1.29 is 13.2 Å². The van der Waals surface area contributed by atoms with Gasteiger partial charge in [0.1, 0.15) is 0 Å². The minimum Gasteiger partial charge on any atom is -0.332 e. The number of benzene rings is 1. The lowest BCUT2D eigenvalue weighted by molar-refractivity contribution is -0.124. The molecular weight excluding hydrogens is 322 g/mol. The maximum Gasteiger partial charge on any atom is 0.238 e. The van der Waals surface area contributed by atoms with E-state index in [1.54, 1.807) is 12.1 Å². The van der Waals surface area contributed by atoms with E-state index in [0.29, 0.717) is 5.69 Å². The highest BCUT2D eigenvalue weighted by Crippen LogP contribution is 2.23. The van der Waals surface area contributed by atoms with Gasteiger partial charge in [-0.2, -0.15) is 0 Å². The predicted octanol–water partition coefficient (Wildman–Crippen LogP) is 1.73. The molecule has 1 saturated carbocycles. The summed E-state index contributed by atoms with van der Waals surface area (Å²) in [6.07, 6.45) is 5.14. The lowest BCUT2D eigenvalue weighted by Crippen LogP contribution is -2.38. The molecule has 1 fully saturated rings. The molecule has 0 aliphatic heterocycles. The number of thiocarbonyl (C=S) groups is 1. The second-order valence-electron chi connectivity index (χ2n) is 5.35. The summed E-state index contributed by atoms with van der Waals surface area (Å²) >= 11 is 5.10. The van der Waals surface area contributed by atoms with Crippen LogP contribution in [0, 0.1) is 5.92 Å². The molecule has 6 nitrogen and oxygen atoms in total. The van der Waals surface area contributed by atoms with E-state index in [0.717, 1.165) is 25.7 Å². The normalized spacial score (nSPS) is 16.0. The number of rotatable bonds is 3. The SMILES string of the molecule is NS(=O)(=O)c1ccc(NC(=S)NC(=O)C2CCCCC2)cc1. The molecular formula is C14H19N3O3S2. The van der Waals surface area contributed by atoms with Gasteiger partial charge in [0.2, 0.25) is 15.9 Å². The van der Waals surface area contributed by atoms with Crippen LogP contribution in [-0.4, -0.2) is 19.4 Å². The Labute approximate surface area is 135 Å². The Morgan fingerprint density at radius 2 is 1.73 bits per heavy atom. The Bertz CT molecular complexity index is 650. The van der Waals surface area contributed by atoms with Crippen molar-refractivity contribution in [2.45, 2.75) is 37.0 Å². The Morgan fingerprint density at radius 3 is 2.27 bits per heavy atom. The molecule has 0 aromatic heterocycles. The monoisotopic (exact) mass is 341 g/mol. The van der Waals surface area contributed by atoms with Gasteiger partial charge in [-0.05, 0) is 49.3 Å². The summed E-state index contributed by atoms with van der Waals surface area (Å²) in [6.45, 7) is 0. The summed E-state index contributed by atoms with van der Waals surface area (Å²) in [6, 6.07) is 5.84. The molecule has 120 valence electrons. The van der Waals surface area contributed by atoms with Crippen molar-refractivity contribution in [1.82, 2.24) is 5.32 Å². The van der Waals surface area contributed by atoms with Gasteiger partial charge in [0.15, 0.2) is 5.11 Å². The van der Waals surface area contributed by atoms with Gasteiger partial charge in [-0.1, -0.05) is 19.3 Å². The number of hydrogen-bond acceptors (Lipinski definition) is 4. The molecule has 0 unspecified atom stereocenters. The summed E-state index contributed by atoms with van der Waals surface area (Å²) in [7, 11) is -3.71. The van der Waals surface area contributed by atoms with Crippen LogP contribution in [-0.2, 0) is 14.8 Å². The van der Waals surface area contributed by atoms with Crippen molar-refractivity contribution in [2.75, 3.05) is 5.32 Å². The zero-order valence-corrected chi connectivity index (χ0v) is 13.7. The van der Waals surface area contributed by atoms with Crippen LogP contribution in [0.2, 0.25) is 0 Å². The van der Waals surface area contributed by atoms with Crippen LogP contribution in [0.5, 0.6) is 0 Å². The zero-order valence-electron chi connectivity index (χ0n) is 12.0. The van der Waals surface area contributed by atoms with Gasteiger partial charge in [-0.25, -0.2) is 13.6 Å². The lowest BCUT2D eigenvalue weighted by Gasteiger charge is -2.21. The number of amides is 1. The van der Waals surface area contributed by atoms with E-state index >= 15 is 0 Å². The van der Waals surface area contributed by atoms with Crippen LogP contribution in [0.1, 0.15) is 32.1 Å². The van der Waals surface area contributed by atoms with Crippen molar-refractivity contribution in [3.05, 3.63) is 24.3 Å². The van der Waals surface area contributed by atoms with Crippen LogP contribution in [0.15, 0.2) is 29.2 Å². The maximum atomic E-state index is 12.0. The number of nitrogens with two attached hydrogens (primary N) is 1. The minimum atomic E-state index is -3.71. The van der Waals surface area contributed by atoms with E-state index in [1.165, 1.54) is 18.6 Å². The first kappa shape index (κ1) is 16.9. The van der Waals surface area contributed by atoms with Crippen molar-refractivity contribution in [2.24, 2.45) is 11.1 Å². The quantitative estimate of drug-likeness (QED) is 0.727. The average Bonchev–Trinajstić information content (AvgIpc) is 2.47. The van der Waals surface area contributed by atoms with Crippen molar-refractivity contribution in [3.63, 3.8) is 0 Å². The van der Waals surface area contributed by atoms with Crippen LogP contribution in [0.25, 0.3) is 0 Å². The highest BCUT2D eigenvalue weighted by Gasteiger charge is 2.21. The second kappa shape index (κ2) is 7.17. The maximum absolute atomic E-state index is 12.0. The average molecular weight is 341 g/mol. The molecule has 2 rings (SSSR count). The molecule has 0 atom stereocenters. The molecule has 1 aromatic carbocycles. The molecule has 0 heterocycles. The number of anilines is 1. The van der Waals surface area contributed by atoms with E-state index in [2.05, 4.69) is 10.6 Å². The number of nitrogens with one attached hydrogen (secondary N) is 2. The molecule has 0 saturated heterocycles. The van der Waals surface area contributed by atoms with Crippen molar-refractivity contribution >= 4 is 38.9 Å². The summed E-state index contributed by atoms with van der Waals surface area (Å²) in [5.74, 6) is -0.0309. The predicted molar refractivity (Wildman–Crippen MR) is 88.8 cm³/mol. The van der Waals surface area contributed by atoms with Crippen LogP contribution in [0.3, 0.4) is 0 Å². The molecule has 8 heteroatoms. The number of carbonyl (C=O) groups is 1. The van der Waals surface area contributed by atoms with Crippen LogP contribution < -0.4 is 15.8 Å². The molecule has 4 N–H and O–H groups in total. The van der Waals surface area contributed by atoms with Gasteiger partial charge in [0.05, 0.1) is 4.90 Å². The Balaban J connectivity index is 1.90. The first-order valence-electron chi connectivity index (χ1n) is 7.11. The van der Waals surface area contributed by atoms with Gasteiger partial charge in [-0.15, -0.1) is 0 Å². The van der Waals surface area contributed by atoms with Crippen LogP contribution >= 0.6 is 12.2 Å². The summed E-state index contributed by atoms with van der Waals surface area (Å²) in [5, 5.41) is 10.8. The van der Waals surface area contributed by atoms with Crippen molar-refractivity contribution in [3.8, 4) is 0 Å². The Morgan fingerprint density at radius 1 is 1.14 bits per heavy atom. The first-order chi connectivity index (χ1) is 10.4. The van der Waals surface area contributed by atoms with E-state index in [9.17, 15) is 13.2 Å². The standard InChI is InChI=1S/C14H19N3O3S2/c15-22(19,20)12-8-6-11(7-9-12)16-14(21)17-13(18)10-4-2-1-3-5-10/h6-10H,1-5H2,(H2,15,19,20)(H2,16,17,18,21). The first-order valence-corrected chi connectivity index (χ1v) is 9.06. The van der Waals surface area contributed by atoms with Gasteiger partial charge in [0.25, 0.3) is 0 Å². The third-order valence-electron chi connectivity index (χ3n) is 3.65. The smallest absolute Gasteiger partial charge is 0.238 e. The Hall–Kier alpha value is -1.51. The number of primary sulfonamides is 1. The summed E-state index contributed by atoms with van der Waals surface area (Å²) in [4.78, 5) is 12.1. The highest BCUT2D eigenvalue weighted by molar-refractivity contribution is 7.89. The number of sulfonamides is 1. The Kier molecular flexibility index (Phi) is 5.49. The van der Waals surface area contributed by atoms with Gasteiger partial charge in [-0.3, -0.25) is 4.79 Å². The molecule has 1 amide bonds. The molecule has 1 aromatic rings. The fourth-order valence-corrected chi connectivity index (χ4v) is 3.20. The van der Waals surface area contributed by atoms with E-state index < -0.39 is 10.0 Å². The topological polar surface area (TPSA) is 101 Å². The molecule has 0 bridgehead atoms. The van der Waals surface area contributed by atoms with Crippen LogP contribution in [0.4, 0.5) is 5.69 Å². The van der Waals surface area contributed by atoms with Crippen molar-refractivity contribution in [1.29, 1.82) is 0 Å². The highest BCUT2D eigenvalue weighted by atomic mass is 32.2. The van der Waals surface area contributed by atoms with E-state index in [4.69, 9.17) is 17.4 Å². The van der Waals surface area contributed by atoms with E-state index in [-0.39, 0.29) is 21.8 Å². The molecule has 0 radical (unpaired) electrons. The largest absolute Gasteiger partial charge is 0.332 e. The fraction of sp³-hybridized carbons (Fsp3) is 0.429. The van der Waals surface area contributed by atoms with Gasteiger partial charge < -0.3 is 10.6 Å². The zero-order chi connectivity index (χ0) is 16.2. The number of carbonyl (C=O) groups excluding carboxylic acids is 1. The fourth-order valence-electron chi connectivity index (χ4n) is 2.47. The third kappa shape index (κ3) is 4.75. The lowest BCUT2D eigenvalue weighted by atomic mass is 9.89. The molecule has 0 spiro atoms. The summed E-state index contributed by atoms with van der Waals surface area (Å²) in [5.41, 5.74) is 0.585. The third-order valence-corrected chi connectivity index (χ3v) is 4.79. The van der Waals surface area contributed by atoms with Gasteiger partial charge >= 0.3 is 0 Å². The summed E-state index contributed by atoms with van der Waals surface area (Å²) < 4.78 is 22.3. The molecule has 1 aliphatic rings. The van der Waals surface area contributed by atoms with E-state index in [1.807, 2.05) is 0 Å². The molecule has 22 heavy (non-hydrogen) atoms.